The Balaban J connectivity index is 1.96. The summed E-state index contributed by atoms with van der Waals surface area (Å²) >= 11 is 0. The van der Waals surface area contributed by atoms with Crippen molar-refractivity contribution in [3.63, 3.8) is 0 Å². The van der Waals surface area contributed by atoms with E-state index in [1.807, 2.05) is 0 Å². The molecule has 1 aliphatic rings. The van der Waals surface area contributed by atoms with Gasteiger partial charge in [0.2, 0.25) is 0 Å². The number of carbonyl (C=O) groups is 1. The van der Waals surface area contributed by atoms with Gasteiger partial charge in [-0.3, -0.25) is 4.79 Å². The minimum atomic E-state index is -0.144. The molecule has 1 amide bonds. The van der Waals surface area contributed by atoms with Crippen molar-refractivity contribution in [1.29, 1.82) is 0 Å². The molecule has 6 heteroatoms. The van der Waals surface area contributed by atoms with E-state index >= 15 is 0 Å². The third kappa shape index (κ3) is 2.71. The van der Waals surface area contributed by atoms with E-state index in [4.69, 9.17) is 5.73 Å². The highest BCUT2D eigenvalue weighted by Crippen LogP contribution is 2.21. The Morgan fingerprint density at radius 2 is 2.12 bits per heavy atom. The molecule has 1 heterocycles. The van der Waals surface area contributed by atoms with Crippen molar-refractivity contribution in [3.8, 4) is 0 Å². The molecule has 6 nitrogen and oxygen atoms in total. The molecule has 0 unspecified atom stereocenters. The summed E-state index contributed by atoms with van der Waals surface area (Å²) in [7, 11) is 3.37. The van der Waals surface area contributed by atoms with Crippen LogP contribution in [0.3, 0.4) is 0 Å². The highest BCUT2D eigenvalue weighted by molar-refractivity contribution is 5.91. The van der Waals surface area contributed by atoms with E-state index < -0.39 is 0 Å². The van der Waals surface area contributed by atoms with Gasteiger partial charge >= 0.3 is 0 Å². The SMILES string of the molecule is CN(C)C(=O)c1ccc(NC2CC(N)C2)nn1. The van der Waals surface area contributed by atoms with Gasteiger partial charge in [0.15, 0.2) is 5.69 Å². The Labute approximate surface area is 100 Å². The first kappa shape index (κ1) is 11.8. The molecule has 1 aromatic heterocycles. The molecule has 0 atom stereocenters. The molecular formula is C11H17N5O. The summed E-state index contributed by atoms with van der Waals surface area (Å²) in [6.07, 6.45) is 1.92. The minimum Gasteiger partial charge on any atom is -0.366 e. The molecule has 3 N–H and O–H groups in total. The number of nitrogens with one attached hydrogen (secondary N) is 1. The second kappa shape index (κ2) is 4.67. The Bertz CT molecular complexity index is 397. The maximum absolute atomic E-state index is 11.6. The maximum atomic E-state index is 11.6. The zero-order valence-electron chi connectivity index (χ0n) is 10.1. The van der Waals surface area contributed by atoms with Crippen molar-refractivity contribution in [1.82, 2.24) is 15.1 Å². The number of rotatable bonds is 3. The zero-order chi connectivity index (χ0) is 12.4. The number of nitrogens with zero attached hydrogens (tertiary/aromatic N) is 3. The number of aromatic nitrogens is 2. The van der Waals surface area contributed by atoms with Crippen LogP contribution in [0.5, 0.6) is 0 Å². The monoisotopic (exact) mass is 235 g/mol. The van der Waals surface area contributed by atoms with Crippen molar-refractivity contribution in [3.05, 3.63) is 17.8 Å². The predicted octanol–water partition coefficient (Wildman–Crippen LogP) is 0.0800. The van der Waals surface area contributed by atoms with E-state index in [2.05, 4.69) is 15.5 Å². The van der Waals surface area contributed by atoms with Crippen LogP contribution in [0.4, 0.5) is 5.82 Å². The van der Waals surface area contributed by atoms with Crippen LogP contribution in [0.25, 0.3) is 0 Å². The third-order valence-electron chi connectivity index (χ3n) is 2.82. The van der Waals surface area contributed by atoms with Gasteiger partial charge in [-0.2, -0.15) is 0 Å². The Hall–Kier alpha value is -1.69. The van der Waals surface area contributed by atoms with E-state index in [1.54, 1.807) is 26.2 Å². The highest BCUT2D eigenvalue weighted by atomic mass is 16.2. The van der Waals surface area contributed by atoms with Crippen LogP contribution >= 0.6 is 0 Å². The third-order valence-corrected chi connectivity index (χ3v) is 2.82. The van der Waals surface area contributed by atoms with Gasteiger partial charge in [0.1, 0.15) is 5.82 Å². The van der Waals surface area contributed by atoms with E-state index in [9.17, 15) is 4.79 Å². The minimum absolute atomic E-state index is 0.144. The molecule has 92 valence electrons. The van der Waals surface area contributed by atoms with E-state index in [1.165, 1.54) is 4.90 Å². The fourth-order valence-electron chi connectivity index (χ4n) is 1.74. The van der Waals surface area contributed by atoms with Crippen molar-refractivity contribution >= 4 is 11.7 Å². The number of anilines is 1. The normalized spacial score (nSPS) is 22.8. The lowest BCUT2D eigenvalue weighted by Crippen LogP contribution is -2.44. The van der Waals surface area contributed by atoms with Gasteiger partial charge in [-0.1, -0.05) is 0 Å². The van der Waals surface area contributed by atoms with Crippen molar-refractivity contribution < 1.29 is 4.79 Å². The van der Waals surface area contributed by atoms with Crippen LogP contribution in [-0.2, 0) is 0 Å². The van der Waals surface area contributed by atoms with Crippen LogP contribution in [0.15, 0.2) is 12.1 Å². The number of nitrogens with two attached hydrogens (primary N) is 1. The fraction of sp³-hybridized carbons (Fsp3) is 0.545. The summed E-state index contributed by atoms with van der Waals surface area (Å²) in [4.78, 5) is 13.0. The summed E-state index contributed by atoms with van der Waals surface area (Å²) in [5.41, 5.74) is 6.05. The lowest BCUT2D eigenvalue weighted by molar-refractivity contribution is 0.0821. The first-order valence-electron chi connectivity index (χ1n) is 5.64. The topological polar surface area (TPSA) is 84.1 Å². The van der Waals surface area contributed by atoms with Crippen molar-refractivity contribution in [2.45, 2.75) is 24.9 Å². The molecule has 1 aliphatic carbocycles. The van der Waals surface area contributed by atoms with Gasteiger partial charge in [0.25, 0.3) is 5.91 Å². The summed E-state index contributed by atoms with van der Waals surface area (Å²) < 4.78 is 0. The van der Waals surface area contributed by atoms with Gasteiger partial charge in [-0.05, 0) is 25.0 Å². The second-order valence-electron chi connectivity index (χ2n) is 4.58. The summed E-state index contributed by atoms with van der Waals surface area (Å²) in [5, 5.41) is 11.1. The summed E-state index contributed by atoms with van der Waals surface area (Å²) in [5.74, 6) is 0.548. The van der Waals surface area contributed by atoms with Crippen LogP contribution in [0.2, 0.25) is 0 Å². The molecule has 1 fully saturated rings. The molecule has 2 rings (SSSR count). The Morgan fingerprint density at radius 1 is 1.41 bits per heavy atom. The molecular weight excluding hydrogens is 218 g/mol. The van der Waals surface area contributed by atoms with Crippen LogP contribution in [0.1, 0.15) is 23.3 Å². The number of hydrogen-bond donors (Lipinski definition) is 2. The van der Waals surface area contributed by atoms with E-state index in [0.717, 1.165) is 12.8 Å². The maximum Gasteiger partial charge on any atom is 0.273 e. The summed E-state index contributed by atoms with van der Waals surface area (Å²) in [6.45, 7) is 0. The van der Waals surface area contributed by atoms with Crippen LogP contribution in [0, 0.1) is 0 Å². The molecule has 0 bridgehead atoms. The number of amides is 1. The average molecular weight is 235 g/mol. The molecule has 17 heavy (non-hydrogen) atoms. The molecule has 0 saturated heterocycles. The molecule has 0 aliphatic heterocycles. The molecule has 1 saturated carbocycles. The molecule has 0 aromatic carbocycles. The first-order valence-corrected chi connectivity index (χ1v) is 5.64. The number of carbonyl (C=O) groups excluding carboxylic acids is 1. The first-order chi connectivity index (χ1) is 8.06. The van der Waals surface area contributed by atoms with Crippen LogP contribution in [-0.4, -0.2) is 47.2 Å². The molecule has 0 spiro atoms. The highest BCUT2D eigenvalue weighted by Gasteiger charge is 2.25. The Kier molecular flexibility index (Phi) is 3.23. The number of hydrogen-bond acceptors (Lipinski definition) is 5. The molecule has 1 aromatic rings. The summed E-state index contributed by atoms with van der Waals surface area (Å²) in [6, 6.07) is 4.13. The second-order valence-corrected chi connectivity index (χ2v) is 4.58. The average Bonchev–Trinajstić information content (AvgIpc) is 2.27. The Morgan fingerprint density at radius 3 is 2.59 bits per heavy atom. The van der Waals surface area contributed by atoms with Crippen LogP contribution < -0.4 is 11.1 Å². The van der Waals surface area contributed by atoms with Gasteiger partial charge in [-0.25, -0.2) is 0 Å². The van der Waals surface area contributed by atoms with Gasteiger partial charge in [0, 0.05) is 26.2 Å². The fourth-order valence-corrected chi connectivity index (χ4v) is 1.74. The van der Waals surface area contributed by atoms with Gasteiger partial charge < -0.3 is 16.0 Å². The van der Waals surface area contributed by atoms with Crippen molar-refractivity contribution in [2.24, 2.45) is 5.73 Å². The quantitative estimate of drug-likeness (QED) is 0.775. The van der Waals surface area contributed by atoms with Crippen molar-refractivity contribution in [2.75, 3.05) is 19.4 Å². The standard InChI is InChI=1S/C11H17N5O/c1-16(2)11(17)9-3-4-10(15-14-9)13-8-5-7(12)6-8/h3-4,7-8H,5-6,12H2,1-2H3,(H,13,15). The van der Waals surface area contributed by atoms with E-state index in [0.29, 0.717) is 23.6 Å². The van der Waals surface area contributed by atoms with E-state index in [-0.39, 0.29) is 5.91 Å². The zero-order valence-corrected chi connectivity index (χ0v) is 10.1. The van der Waals surface area contributed by atoms with Gasteiger partial charge in [-0.15, -0.1) is 10.2 Å². The predicted molar refractivity (Wildman–Crippen MR) is 64.7 cm³/mol. The van der Waals surface area contributed by atoms with Gasteiger partial charge in [0.05, 0.1) is 0 Å². The lowest BCUT2D eigenvalue weighted by atomic mass is 9.88. The largest absolute Gasteiger partial charge is 0.366 e. The lowest BCUT2D eigenvalue weighted by Gasteiger charge is -2.33. The molecule has 0 radical (unpaired) electrons. The smallest absolute Gasteiger partial charge is 0.273 e.